The summed E-state index contributed by atoms with van der Waals surface area (Å²) in [7, 11) is 1.60. The van der Waals surface area contributed by atoms with E-state index in [9.17, 15) is 29.1 Å². The van der Waals surface area contributed by atoms with Crippen LogP contribution in [0.15, 0.2) is 108 Å². The zero-order valence-electron chi connectivity index (χ0n) is 27.4. The fourth-order valence-electron chi connectivity index (χ4n) is 7.32. The second-order valence-electron chi connectivity index (χ2n) is 12.9. The summed E-state index contributed by atoms with van der Waals surface area (Å²) < 4.78 is 1.36. The number of aromatic nitrogens is 1. The van der Waals surface area contributed by atoms with Gasteiger partial charge in [-0.15, -0.1) is 0 Å². The molecule has 1 fully saturated rings. The van der Waals surface area contributed by atoms with Crippen molar-refractivity contribution in [1.82, 2.24) is 20.1 Å². The molecular weight excluding hydrogens is 620 g/mol. The molecule has 1 aliphatic heterocycles. The third kappa shape index (κ3) is 6.76. The van der Waals surface area contributed by atoms with Gasteiger partial charge in [-0.1, -0.05) is 84.9 Å². The lowest BCUT2D eigenvalue weighted by Crippen LogP contribution is -2.54. The number of rotatable bonds is 9. The number of carbonyl (C=O) groups is 4. The Bertz CT molecular complexity index is 1900. The van der Waals surface area contributed by atoms with Crippen molar-refractivity contribution in [2.75, 3.05) is 13.1 Å². The van der Waals surface area contributed by atoms with Crippen LogP contribution in [-0.4, -0.2) is 63.4 Å². The summed E-state index contributed by atoms with van der Waals surface area (Å²) in [6.45, 7) is 0.888. The van der Waals surface area contributed by atoms with Crippen LogP contribution in [0.3, 0.4) is 0 Å². The Hall–Kier alpha value is -5.51. The molecule has 0 spiro atoms. The van der Waals surface area contributed by atoms with E-state index in [-0.39, 0.29) is 29.5 Å². The van der Waals surface area contributed by atoms with E-state index in [0.29, 0.717) is 44.3 Å². The fourth-order valence-corrected chi connectivity index (χ4v) is 7.32. The molecule has 2 aliphatic rings. The minimum atomic E-state index is -1.20. The average molecular weight is 661 g/mol. The van der Waals surface area contributed by atoms with Crippen molar-refractivity contribution in [3.63, 3.8) is 0 Å². The number of hydrogen-bond acceptors (Lipinski definition) is 5. The van der Waals surface area contributed by atoms with E-state index in [0.717, 1.165) is 16.7 Å². The molecule has 3 N–H and O–H groups in total. The standard InChI is InChI=1S/C39H40N4O6/c1-42-22-10-16-31(35(42)45)34(44)40-28-19-23-43(24-20-28)36(46)30-18-21-39(27-13-6-3-7-14-27,32-17-9-8-15-29(30)32)38(49)41-33(37(47)48)25-26-11-4-2-5-12-26/h2-17,22,28,30,33H,18-21,23-25H2,1H3,(H,40,44)(H,41,49)(H,47,48)/t30-,33+,39+/m0/s1. The van der Waals surface area contributed by atoms with Gasteiger partial charge in [0.2, 0.25) is 11.8 Å². The molecule has 10 nitrogen and oxygen atoms in total. The molecule has 3 amide bonds. The summed E-state index contributed by atoms with van der Waals surface area (Å²) in [6.07, 6.45) is 3.53. The third-order valence-electron chi connectivity index (χ3n) is 9.95. The summed E-state index contributed by atoms with van der Waals surface area (Å²) in [5, 5.41) is 16.0. The van der Waals surface area contributed by atoms with Crippen molar-refractivity contribution in [2.24, 2.45) is 7.05 Å². The van der Waals surface area contributed by atoms with Crippen molar-refractivity contribution in [3.05, 3.63) is 141 Å². The molecule has 252 valence electrons. The molecule has 0 bridgehead atoms. The van der Waals surface area contributed by atoms with E-state index in [4.69, 9.17) is 0 Å². The van der Waals surface area contributed by atoms with Crippen LogP contribution >= 0.6 is 0 Å². The first-order valence-electron chi connectivity index (χ1n) is 16.7. The Balaban J connectivity index is 1.22. The first-order chi connectivity index (χ1) is 23.7. The highest BCUT2D eigenvalue weighted by atomic mass is 16.4. The number of aliphatic carboxylic acids is 1. The maximum atomic E-state index is 14.5. The molecule has 1 aliphatic carbocycles. The van der Waals surface area contributed by atoms with Crippen molar-refractivity contribution in [2.45, 2.75) is 55.5 Å². The first kappa shape index (κ1) is 33.4. The Morgan fingerprint density at radius 2 is 1.51 bits per heavy atom. The van der Waals surface area contributed by atoms with Gasteiger partial charge in [0.05, 0.1) is 11.3 Å². The number of aryl methyl sites for hydroxylation is 1. The van der Waals surface area contributed by atoms with Gasteiger partial charge in [-0.3, -0.25) is 19.2 Å². The van der Waals surface area contributed by atoms with Gasteiger partial charge in [-0.25, -0.2) is 4.79 Å². The van der Waals surface area contributed by atoms with Crippen molar-refractivity contribution in [1.29, 1.82) is 0 Å². The smallest absolute Gasteiger partial charge is 0.326 e. The van der Waals surface area contributed by atoms with E-state index in [2.05, 4.69) is 10.6 Å². The zero-order chi connectivity index (χ0) is 34.5. The number of nitrogens with zero attached hydrogens (tertiary/aromatic N) is 2. The van der Waals surface area contributed by atoms with Crippen LogP contribution in [0.4, 0.5) is 0 Å². The maximum absolute atomic E-state index is 14.5. The van der Waals surface area contributed by atoms with Crippen LogP contribution in [0.25, 0.3) is 0 Å². The van der Waals surface area contributed by atoms with Gasteiger partial charge in [0.25, 0.3) is 11.5 Å². The number of hydrogen-bond donors (Lipinski definition) is 3. The molecule has 4 aromatic rings. The number of benzene rings is 3. The number of likely N-dealkylation sites (tertiary alicyclic amines) is 1. The normalized spacial score (nSPS) is 19.7. The van der Waals surface area contributed by atoms with Gasteiger partial charge in [0.1, 0.15) is 11.6 Å². The molecule has 3 aromatic carbocycles. The minimum Gasteiger partial charge on any atom is -0.480 e. The molecule has 0 saturated carbocycles. The van der Waals surface area contributed by atoms with Crippen LogP contribution in [0, 0.1) is 0 Å². The molecule has 0 radical (unpaired) electrons. The molecule has 0 unspecified atom stereocenters. The second-order valence-corrected chi connectivity index (χ2v) is 12.9. The van der Waals surface area contributed by atoms with Crippen LogP contribution in [0.1, 0.15) is 64.2 Å². The summed E-state index contributed by atoms with van der Waals surface area (Å²) in [4.78, 5) is 68.1. The number of carbonyl (C=O) groups excluding carboxylic acids is 3. The van der Waals surface area contributed by atoms with Gasteiger partial charge in [-0.2, -0.15) is 0 Å². The van der Waals surface area contributed by atoms with Crippen LogP contribution in [0.2, 0.25) is 0 Å². The predicted octanol–water partition coefficient (Wildman–Crippen LogP) is 3.78. The Morgan fingerprint density at radius 3 is 2.20 bits per heavy atom. The number of carboxylic acid groups (broad SMARTS) is 1. The highest BCUT2D eigenvalue weighted by Crippen LogP contribution is 2.48. The number of pyridine rings is 1. The van der Waals surface area contributed by atoms with Gasteiger partial charge in [0, 0.05) is 38.8 Å². The maximum Gasteiger partial charge on any atom is 0.326 e. The van der Waals surface area contributed by atoms with Crippen LogP contribution in [0.5, 0.6) is 0 Å². The van der Waals surface area contributed by atoms with E-state index in [1.54, 1.807) is 19.3 Å². The fraction of sp³-hybridized carbons (Fsp3) is 0.308. The average Bonchev–Trinajstić information content (AvgIpc) is 3.12. The summed E-state index contributed by atoms with van der Waals surface area (Å²) in [5.41, 5.74) is 1.50. The zero-order valence-corrected chi connectivity index (χ0v) is 27.4. The molecule has 3 atom stereocenters. The van der Waals surface area contributed by atoms with Gasteiger partial charge in [-0.05, 0) is 60.1 Å². The van der Waals surface area contributed by atoms with Gasteiger partial charge in [0.15, 0.2) is 0 Å². The van der Waals surface area contributed by atoms with E-state index in [1.807, 2.05) is 89.8 Å². The number of fused-ring (bicyclic) bond motifs is 1. The number of nitrogens with one attached hydrogen (secondary N) is 2. The first-order valence-corrected chi connectivity index (χ1v) is 16.7. The van der Waals surface area contributed by atoms with Crippen molar-refractivity contribution in [3.8, 4) is 0 Å². The Labute approximate surface area is 284 Å². The highest BCUT2D eigenvalue weighted by molar-refractivity contribution is 5.97. The van der Waals surface area contributed by atoms with Crippen molar-refractivity contribution >= 4 is 23.7 Å². The number of carboxylic acids is 1. The summed E-state index contributed by atoms with van der Waals surface area (Å²) >= 11 is 0. The van der Waals surface area contributed by atoms with E-state index >= 15 is 0 Å². The summed E-state index contributed by atoms with van der Waals surface area (Å²) in [6, 6.07) is 27.9. The quantitative estimate of drug-likeness (QED) is 0.250. The monoisotopic (exact) mass is 660 g/mol. The Morgan fingerprint density at radius 1 is 0.857 bits per heavy atom. The lowest BCUT2D eigenvalue weighted by Gasteiger charge is -2.43. The van der Waals surface area contributed by atoms with E-state index < -0.39 is 35.2 Å². The number of amides is 3. The molecule has 49 heavy (non-hydrogen) atoms. The van der Waals surface area contributed by atoms with Crippen molar-refractivity contribution < 1.29 is 24.3 Å². The molecule has 1 aromatic heterocycles. The van der Waals surface area contributed by atoms with Gasteiger partial charge >= 0.3 is 5.97 Å². The predicted molar refractivity (Wildman–Crippen MR) is 184 cm³/mol. The molecule has 2 heterocycles. The molecule has 10 heteroatoms. The number of piperidine rings is 1. The largest absolute Gasteiger partial charge is 0.480 e. The molecule has 1 saturated heterocycles. The van der Waals surface area contributed by atoms with E-state index in [1.165, 1.54) is 10.6 Å². The molecular formula is C39H40N4O6. The minimum absolute atomic E-state index is 0.0382. The topological polar surface area (TPSA) is 138 Å². The highest BCUT2D eigenvalue weighted by Gasteiger charge is 2.49. The SMILES string of the molecule is Cn1cccc(C(=O)NC2CCN(C(=O)[C@H]3CC[C@@](C(=O)N[C@H](Cc4ccccc4)C(=O)O)(c4ccccc4)c4ccccc43)CC2)c1=O. The Kier molecular flexibility index (Phi) is 9.75. The summed E-state index contributed by atoms with van der Waals surface area (Å²) in [5.74, 6) is -2.48. The molecule has 6 rings (SSSR count). The van der Waals surface area contributed by atoms with Gasteiger partial charge < -0.3 is 25.2 Å². The third-order valence-corrected chi connectivity index (χ3v) is 9.95. The van der Waals surface area contributed by atoms with Crippen LogP contribution < -0.4 is 16.2 Å². The van der Waals surface area contributed by atoms with Crippen LogP contribution in [-0.2, 0) is 33.3 Å². The lowest BCUT2D eigenvalue weighted by atomic mass is 9.62. The lowest BCUT2D eigenvalue weighted by molar-refractivity contribution is -0.142. The second kappa shape index (κ2) is 14.3.